The number of benzene rings is 2. The van der Waals surface area contributed by atoms with Crippen LogP contribution in [-0.2, 0) is 19.1 Å². The maximum absolute atomic E-state index is 11.9. The number of carbonyl (C=O) groups excluding carboxylic acids is 3. The Kier molecular flexibility index (Phi) is 6.93. The van der Waals surface area contributed by atoms with Crippen LogP contribution in [0.2, 0.25) is 0 Å². The van der Waals surface area contributed by atoms with Gasteiger partial charge < -0.3 is 19.5 Å². The number of rotatable bonds is 7. The van der Waals surface area contributed by atoms with Crippen molar-refractivity contribution in [1.82, 2.24) is 0 Å². The van der Waals surface area contributed by atoms with Crippen molar-refractivity contribution in [3.8, 4) is 5.75 Å². The zero-order chi connectivity index (χ0) is 19.8. The second kappa shape index (κ2) is 9.38. The molecule has 2 aromatic rings. The standard InChI is InChI=1S/C20H21NO6/c1-13-6-4-7-14(2)19(13)27-12-18(23)26-11-17(22)21-16-9-5-8-15(10-16)20(24)25-3/h4-10H,11-12H2,1-3H3,(H,21,22). The number of esters is 2. The molecule has 142 valence electrons. The second-order valence-corrected chi connectivity index (χ2v) is 5.79. The van der Waals surface area contributed by atoms with Gasteiger partial charge >= 0.3 is 11.9 Å². The number of para-hydroxylation sites is 1. The molecule has 27 heavy (non-hydrogen) atoms. The number of methoxy groups -OCH3 is 1. The molecule has 1 amide bonds. The van der Waals surface area contributed by atoms with E-state index in [1.807, 2.05) is 32.0 Å². The lowest BCUT2D eigenvalue weighted by Crippen LogP contribution is -2.24. The van der Waals surface area contributed by atoms with Crippen LogP contribution in [0.4, 0.5) is 5.69 Å². The highest BCUT2D eigenvalue weighted by Crippen LogP contribution is 2.22. The molecule has 0 saturated carbocycles. The summed E-state index contributed by atoms with van der Waals surface area (Å²) in [5.74, 6) is -1.08. The lowest BCUT2D eigenvalue weighted by Gasteiger charge is -2.11. The number of aryl methyl sites for hydroxylation is 2. The van der Waals surface area contributed by atoms with Gasteiger partial charge in [0.15, 0.2) is 13.2 Å². The molecule has 0 aliphatic heterocycles. The molecular formula is C20H21NO6. The van der Waals surface area contributed by atoms with E-state index in [0.717, 1.165) is 11.1 Å². The predicted molar refractivity (Wildman–Crippen MR) is 98.8 cm³/mol. The van der Waals surface area contributed by atoms with Crippen molar-refractivity contribution in [3.05, 3.63) is 59.2 Å². The van der Waals surface area contributed by atoms with Crippen LogP contribution in [0.25, 0.3) is 0 Å². The number of hydrogen-bond donors (Lipinski definition) is 1. The summed E-state index contributed by atoms with van der Waals surface area (Å²) in [6.45, 7) is 3.00. The maximum Gasteiger partial charge on any atom is 0.344 e. The van der Waals surface area contributed by atoms with E-state index in [1.54, 1.807) is 18.2 Å². The van der Waals surface area contributed by atoms with E-state index in [0.29, 0.717) is 17.0 Å². The van der Waals surface area contributed by atoms with Crippen molar-refractivity contribution in [2.75, 3.05) is 25.6 Å². The number of ether oxygens (including phenoxy) is 3. The maximum atomic E-state index is 11.9. The van der Waals surface area contributed by atoms with E-state index in [9.17, 15) is 14.4 Å². The molecule has 7 heteroatoms. The molecule has 0 saturated heterocycles. The van der Waals surface area contributed by atoms with Gasteiger partial charge in [0.2, 0.25) is 0 Å². The van der Waals surface area contributed by atoms with Crippen molar-refractivity contribution >= 4 is 23.5 Å². The van der Waals surface area contributed by atoms with Gasteiger partial charge in [0.1, 0.15) is 5.75 Å². The highest BCUT2D eigenvalue weighted by atomic mass is 16.6. The van der Waals surface area contributed by atoms with Crippen LogP contribution < -0.4 is 10.1 Å². The molecule has 0 radical (unpaired) electrons. The van der Waals surface area contributed by atoms with Gasteiger partial charge in [-0.05, 0) is 43.2 Å². The Morgan fingerprint density at radius 3 is 2.30 bits per heavy atom. The second-order valence-electron chi connectivity index (χ2n) is 5.79. The third-order valence-corrected chi connectivity index (χ3v) is 3.67. The summed E-state index contributed by atoms with van der Waals surface area (Å²) >= 11 is 0. The Morgan fingerprint density at radius 2 is 1.63 bits per heavy atom. The van der Waals surface area contributed by atoms with Crippen molar-refractivity contribution in [3.63, 3.8) is 0 Å². The summed E-state index contributed by atoms with van der Waals surface area (Å²) in [6, 6.07) is 11.9. The third kappa shape index (κ3) is 5.85. The van der Waals surface area contributed by atoms with Gasteiger partial charge in [0.05, 0.1) is 12.7 Å². The molecule has 0 heterocycles. The van der Waals surface area contributed by atoms with Gasteiger partial charge in [-0.25, -0.2) is 9.59 Å². The van der Waals surface area contributed by atoms with Gasteiger partial charge in [-0.2, -0.15) is 0 Å². The number of anilines is 1. The summed E-state index contributed by atoms with van der Waals surface area (Å²) in [4.78, 5) is 35.2. The molecule has 0 spiro atoms. The van der Waals surface area contributed by atoms with Crippen molar-refractivity contribution in [2.45, 2.75) is 13.8 Å². The minimum atomic E-state index is -0.656. The molecule has 0 aliphatic rings. The first-order valence-electron chi connectivity index (χ1n) is 8.23. The first-order valence-corrected chi connectivity index (χ1v) is 8.23. The van der Waals surface area contributed by atoms with Crippen LogP contribution in [0, 0.1) is 13.8 Å². The monoisotopic (exact) mass is 371 g/mol. The summed E-state index contributed by atoms with van der Waals surface area (Å²) in [5.41, 5.74) is 2.51. The Labute approximate surface area is 157 Å². The number of hydrogen-bond acceptors (Lipinski definition) is 6. The Balaban J connectivity index is 1.81. The minimum Gasteiger partial charge on any atom is -0.481 e. The first-order chi connectivity index (χ1) is 12.9. The third-order valence-electron chi connectivity index (χ3n) is 3.67. The van der Waals surface area contributed by atoms with Crippen molar-refractivity contribution in [1.29, 1.82) is 0 Å². The molecule has 7 nitrogen and oxygen atoms in total. The van der Waals surface area contributed by atoms with Crippen molar-refractivity contribution in [2.24, 2.45) is 0 Å². The van der Waals surface area contributed by atoms with Crippen molar-refractivity contribution < 1.29 is 28.6 Å². The number of amides is 1. The molecule has 0 unspecified atom stereocenters. The van der Waals surface area contributed by atoms with Gasteiger partial charge in [0.25, 0.3) is 5.91 Å². The van der Waals surface area contributed by atoms with Gasteiger partial charge in [-0.1, -0.05) is 24.3 Å². The van der Waals surface area contributed by atoms with E-state index in [-0.39, 0.29) is 6.61 Å². The molecule has 2 aromatic carbocycles. The lowest BCUT2D eigenvalue weighted by molar-refractivity contribution is -0.149. The SMILES string of the molecule is COC(=O)c1cccc(NC(=O)COC(=O)COc2c(C)cccc2C)c1. The van der Waals surface area contributed by atoms with Crippen LogP contribution in [0.1, 0.15) is 21.5 Å². The summed E-state index contributed by atoms with van der Waals surface area (Å²) in [6.07, 6.45) is 0. The van der Waals surface area contributed by atoms with E-state index in [4.69, 9.17) is 9.47 Å². The Hall–Kier alpha value is -3.35. The molecule has 0 bridgehead atoms. The topological polar surface area (TPSA) is 90.9 Å². The normalized spacial score (nSPS) is 10.0. The molecule has 1 N–H and O–H groups in total. The molecule has 2 rings (SSSR count). The quantitative estimate of drug-likeness (QED) is 0.753. The first kappa shape index (κ1) is 20.0. The largest absolute Gasteiger partial charge is 0.481 e. The molecule has 0 aliphatic carbocycles. The van der Waals surface area contributed by atoms with Crippen LogP contribution in [0.3, 0.4) is 0 Å². The van der Waals surface area contributed by atoms with Gasteiger partial charge in [0, 0.05) is 5.69 Å². The minimum absolute atomic E-state index is 0.295. The fourth-order valence-corrected chi connectivity index (χ4v) is 2.38. The molecule has 0 fully saturated rings. The number of nitrogens with one attached hydrogen (secondary N) is 1. The highest BCUT2D eigenvalue weighted by molar-refractivity contribution is 5.95. The van der Waals surface area contributed by atoms with E-state index >= 15 is 0 Å². The summed E-state index contributed by atoms with van der Waals surface area (Å²) < 4.78 is 15.0. The molecule has 0 aromatic heterocycles. The average molecular weight is 371 g/mol. The van der Waals surface area contributed by atoms with Crippen LogP contribution >= 0.6 is 0 Å². The molecule has 0 atom stereocenters. The summed E-state index contributed by atoms with van der Waals surface area (Å²) in [7, 11) is 1.27. The fraction of sp³-hybridized carbons (Fsp3) is 0.250. The average Bonchev–Trinajstić information content (AvgIpc) is 2.65. The van der Waals surface area contributed by atoms with Crippen LogP contribution in [-0.4, -0.2) is 38.2 Å². The highest BCUT2D eigenvalue weighted by Gasteiger charge is 2.12. The summed E-state index contributed by atoms with van der Waals surface area (Å²) in [5, 5.41) is 2.54. The number of carbonyl (C=O) groups is 3. The molecular weight excluding hydrogens is 350 g/mol. The zero-order valence-electron chi connectivity index (χ0n) is 15.4. The van der Waals surface area contributed by atoms with Crippen LogP contribution in [0.15, 0.2) is 42.5 Å². The zero-order valence-corrected chi connectivity index (χ0v) is 15.4. The van der Waals surface area contributed by atoms with Gasteiger partial charge in [-0.15, -0.1) is 0 Å². The van der Waals surface area contributed by atoms with Crippen LogP contribution in [0.5, 0.6) is 5.75 Å². The van der Waals surface area contributed by atoms with Gasteiger partial charge in [-0.3, -0.25) is 4.79 Å². The fourth-order valence-electron chi connectivity index (χ4n) is 2.38. The van der Waals surface area contributed by atoms with E-state index in [2.05, 4.69) is 10.1 Å². The Bertz CT molecular complexity index is 826. The predicted octanol–water partition coefficient (Wildman–Crippen LogP) is 2.65. The van der Waals surface area contributed by atoms with E-state index < -0.39 is 24.5 Å². The Morgan fingerprint density at radius 1 is 0.963 bits per heavy atom. The van der Waals surface area contributed by atoms with E-state index in [1.165, 1.54) is 13.2 Å². The smallest absolute Gasteiger partial charge is 0.344 e. The lowest BCUT2D eigenvalue weighted by atomic mass is 10.1.